The topological polar surface area (TPSA) is 74.1 Å². The SMILES string of the molecule is CO/N=C1\CNCC1(CO)CO. The van der Waals surface area contributed by atoms with Gasteiger partial charge in [-0.25, -0.2) is 0 Å². The van der Waals surface area contributed by atoms with Gasteiger partial charge in [-0.3, -0.25) is 0 Å². The zero-order valence-electron chi connectivity index (χ0n) is 7.08. The minimum atomic E-state index is -0.629. The highest BCUT2D eigenvalue weighted by atomic mass is 16.6. The summed E-state index contributed by atoms with van der Waals surface area (Å²) in [6.07, 6.45) is 0. The molecule has 1 heterocycles. The van der Waals surface area contributed by atoms with Crippen molar-refractivity contribution in [3.8, 4) is 0 Å². The quantitative estimate of drug-likeness (QED) is 0.458. The molecule has 5 nitrogen and oxygen atoms in total. The summed E-state index contributed by atoms with van der Waals surface area (Å²) in [5.41, 5.74) is 0.0470. The van der Waals surface area contributed by atoms with Crippen LogP contribution in [0.25, 0.3) is 0 Å². The summed E-state index contributed by atoms with van der Waals surface area (Å²) in [5.74, 6) is 0. The number of hydrogen-bond donors (Lipinski definition) is 3. The summed E-state index contributed by atoms with van der Waals surface area (Å²) in [6.45, 7) is 0.883. The number of rotatable bonds is 3. The number of aliphatic hydroxyl groups excluding tert-OH is 2. The summed E-state index contributed by atoms with van der Waals surface area (Å²) in [7, 11) is 1.45. The Bertz CT molecular complexity index is 177. The molecule has 12 heavy (non-hydrogen) atoms. The van der Waals surface area contributed by atoms with Crippen LogP contribution in [-0.2, 0) is 4.84 Å². The first-order valence-electron chi connectivity index (χ1n) is 3.82. The second-order valence-electron chi connectivity index (χ2n) is 2.92. The first-order valence-corrected chi connectivity index (χ1v) is 3.82. The minimum absolute atomic E-state index is 0.112. The Kier molecular flexibility index (Phi) is 3.02. The highest BCUT2D eigenvalue weighted by Crippen LogP contribution is 2.21. The summed E-state index contributed by atoms with van der Waals surface area (Å²) < 4.78 is 0. The van der Waals surface area contributed by atoms with Gasteiger partial charge in [0.15, 0.2) is 0 Å². The van der Waals surface area contributed by atoms with Crippen molar-refractivity contribution in [1.82, 2.24) is 5.32 Å². The zero-order valence-corrected chi connectivity index (χ0v) is 7.08. The molecular formula is C7H14N2O3. The summed E-state index contributed by atoms with van der Waals surface area (Å²) in [5, 5.41) is 24.9. The molecule has 3 N–H and O–H groups in total. The van der Waals surface area contributed by atoms with Crippen LogP contribution in [0, 0.1) is 5.41 Å². The van der Waals surface area contributed by atoms with Crippen molar-refractivity contribution in [2.45, 2.75) is 0 Å². The van der Waals surface area contributed by atoms with Crippen LogP contribution in [0.5, 0.6) is 0 Å². The Hall–Kier alpha value is -0.650. The van der Waals surface area contributed by atoms with E-state index < -0.39 is 5.41 Å². The Morgan fingerprint density at radius 1 is 1.58 bits per heavy atom. The van der Waals surface area contributed by atoms with E-state index in [1.165, 1.54) is 7.11 Å². The van der Waals surface area contributed by atoms with E-state index >= 15 is 0 Å². The lowest BCUT2D eigenvalue weighted by Crippen LogP contribution is -2.38. The molecule has 0 spiro atoms. The second-order valence-corrected chi connectivity index (χ2v) is 2.92. The maximum Gasteiger partial charge on any atom is 0.106 e. The molecule has 0 atom stereocenters. The molecule has 0 aromatic heterocycles. The molecule has 5 heteroatoms. The van der Waals surface area contributed by atoms with E-state index in [0.29, 0.717) is 18.8 Å². The van der Waals surface area contributed by atoms with Gasteiger partial charge in [-0.05, 0) is 0 Å². The van der Waals surface area contributed by atoms with Gasteiger partial charge < -0.3 is 20.4 Å². The summed E-state index contributed by atoms with van der Waals surface area (Å²) in [6, 6.07) is 0. The highest BCUT2D eigenvalue weighted by Gasteiger charge is 2.39. The van der Waals surface area contributed by atoms with Crippen LogP contribution in [0.2, 0.25) is 0 Å². The van der Waals surface area contributed by atoms with Crippen molar-refractivity contribution in [1.29, 1.82) is 0 Å². The molecule has 0 saturated carbocycles. The minimum Gasteiger partial charge on any atom is -0.399 e. The molecule has 1 aliphatic rings. The van der Waals surface area contributed by atoms with Crippen LogP contribution in [-0.4, -0.2) is 49.3 Å². The smallest absolute Gasteiger partial charge is 0.106 e. The molecule has 0 unspecified atom stereocenters. The van der Waals surface area contributed by atoms with Gasteiger partial charge in [0.05, 0.1) is 24.3 Å². The van der Waals surface area contributed by atoms with Crippen LogP contribution in [0.3, 0.4) is 0 Å². The Balaban J connectivity index is 2.79. The van der Waals surface area contributed by atoms with Gasteiger partial charge in [-0.2, -0.15) is 0 Å². The molecule has 70 valence electrons. The molecule has 1 fully saturated rings. The average molecular weight is 174 g/mol. The van der Waals surface area contributed by atoms with E-state index in [2.05, 4.69) is 15.3 Å². The molecule has 1 saturated heterocycles. The molecule has 0 aliphatic carbocycles. The lowest BCUT2D eigenvalue weighted by atomic mass is 9.87. The predicted octanol–water partition coefficient (Wildman–Crippen LogP) is -1.44. The summed E-state index contributed by atoms with van der Waals surface area (Å²) in [4.78, 5) is 4.61. The first kappa shape index (κ1) is 9.44. The maximum absolute atomic E-state index is 9.08. The van der Waals surface area contributed by atoms with E-state index in [-0.39, 0.29) is 13.2 Å². The van der Waals surface area contributed by atoms with Crippen LogP contribution in [0.1, 0.15) is 0 Å². The summed E-state index contributed by atoms with van der Waals surface area (Å²) >= 11 is 0. The Morgan fingerprint density at radius 2 is 2.25 bits per heavy atom. The van der Waals surface area contributed by atoms with Gasteiger partial charge in [0.1, 0.15) is 7.11 Å². The fraction of sp³-hybridized carbons (Fsp3) is 0.857. The van der Waals surface area contributed by atoms with E-state index in [0.717, 1.165) is 0 Å². The largest absolute Gasteiger partial charge is 0.399 e. The number of oxime groups is 1. The molecule has 1 aliphatic heterocycles. The van der Waals surface area contributed by atoms with Crippen molar-refractivity contribution >= 4 is 5.71 Å². The molecule has 0 amide bonds. The van der Waals surface area contributed by atoms with E-state index in [1.807, 2.05) is 0 Å². The van der Waals surface area contributed by atoms with Crippen LogP contribution in [0.15, 0.2) is 5.16 Å². The fourth-order valence-electron chi connectivity index (χ4n) is 1.29. The number of nitrogens with zero attached hydrogens (tertiary/aromatic N) is 1. The standard InChI is InChI=1S/C7H14N2O3/c1-12-9-6-2-8-3-7(6,4-10)5-11/h8,10-11H,2-5H2,1H3/b9-6+. The van der Waals surface area contributed by atoms with Gasteiger partial charge in [0.2, 0.25) is 0 Å². The van der Waals surface area contributed by atoms with E-state index in [4.69, 9.17) is 10.2 Å². The average Bonchev–Trinajstić information content (AvgIpc) is 2.50. The van der Waals surface area contributed by atoms with Crippen molar-refractivity contribution in [3.63, 3.8) is 0 Å². The van der Waals surface area contributed by atoms with Gasteiger partial charge in [0, 0.05) is 13.1 Å². The monoisotopic (exact) mass is 174 g/mol. The molecule has 1 rings (SSSR count). The van der Waals surface area contributed by atoms with Gasteiger partial charge in [-0.1, -0.05) is 5.16 Å². The Labute approximate surface area is 71.0 Å². The number of nitrogens with one attached hydrogen (secondary N) is 1. The molecule has 0 aromatic rings. The van der Waals surface area contributed by atoms with Crippen LogP contribution < -0.4 is 5.32 Å². The van der Waals surface area contributed by atoms with Gasteiger partial charge in [-0.15, -0.1) is 0 Å². The van der Waals surface area contributed by atoms with Crippen LogP contribution >= 0.6 is 0 Å². The van der Waals surface area contributed by atoms with Crippen molar-refractivity contribution in [2.75, 3.05) is 33.4 Å². The third-order valence-electron chi connectivity index (χ3n) is 2.17. The second kappa shape index (κ2) is 3.84. The lowest BCUT2D eigenvalue weighted by molar-refractivity contribution is 0.112. The van der Waals surface area contributed by atoms with Gasteiger partial charge >= 0.3 is 0 Å². The van der Waals surface area contributed by atoms with E-state index in [1.54, 1.807) is 0 Å². The van der Waals surface area contributed by atoms with Crippen molar-refractivity contribution in [3.05, 3.63) is 0 Å². The molecule has 0 aromatic carbocycles. The molecule has 0 radical (unpaired) electrons. The highest BCUT2D eigenvalue weighted by molar-refractivity contribution is 5.94. The third-order valence-corrected chi connectivity index (χ3v) is 2.17. The van der Waals surface area contributed by atoms with Crippen molar-refractivity contribution in [2.24, 2.45) is 10.6 Å². The van der Waals surface area contributed by atoms with Crippen molar-refractivity contribution < 1.29 is 15.1 Å². The lowest BCUT2D eigenvalue weighted by Gasteiger charge is -2.22. The fourth-order valence-corrected chi connectivity index (χ4v) is 1.29. The third kappa shape index (κ3) is 1.43. The number of aliphatic hydroxyl groups is 2. The molecular weight excluding hydrogens is 160 g/mol. The predicted molar refractivity (Wildman–Crippen MR) is 43.9 cm³/mol. The first-order chi connectivity index (χ1) is 5.79. The van der Waals surface area contributed by atoms with E-state index in [9.17, 15) is 0 Å². The van der Waals surface area contributed by atoms with Gasteiger partial charge in [0.25, 0.3) is 0 Å². The maximum atomic E-state index is 9.08. The Morgan fingerprint density at radius 3 is 2.75 bits per heavy atom. The molecule has 0 bridgehead atoms. The van der Waals surface area contributed by atoms with Crippen LogP contribution in [0.4, 0.5) is 0 Å². The zero-order chi connectivity index (χ0) is 9.03. The normalized spacial score (nSPS) is 24.8. The number of hydrogen-bond acceptors (Lipinski definition) is 5.